The zero-order valence-corrected chi connectivity index (χ0v) is 11.9. The molecule has 0 unspecified atom stereocenters. The third-order valence-corrected chi connectivity index (χ3v) is 3.70. The summed E-state index contributed by atoms with van der Waals surface area (Å²) in [5.74, 6) is 2.09. The molecule has 0 atom stereocenters. The maximum Gasteiger partial charge on any atom is 0.276 e. The molecule has 3 heterocycles. The van der Waals surface area contributed by atoms with Crippen molar-refractivity contribution in [1.29, 1.82) is 0 Å². The van der Waals surface area contributed by atoms with Crippen molar-refractivity contribution in [2.75, 3.05) is 13.2 Å². The van der Waals surface area contributed by atoms with E-state index in [0.29, 0.717) is 17.7 Å². The molecule has 0 N–H and O–H groups in total. The largest absolute Gasteiger partial charge is 0.381 e. The van der Waals surface area contributed by atoms with Crippen LogP contribution in [0.4, 0.5) is 0 Å². The van der Waals surface area contributed by atoms with Crippen molar-refractivity contribution in [2.45, 2.75) is 38.5 Å². The Kier molecular flexibility index (Phi) is 3.78. The first-order valence-corrected chi connectivity index (χ1v) is 7.11. The highest BCUT2D eigenvalue weighted by atomic mass is 16.5. The lowest BCUT2D eigenvalue weighted by Gasteiger charge is -2.18. The molecule has 0 aliphatic carbocycles. The van der Waals surface area contributed by atoms with Crippen molar-refractivity contribution in [3.63, 3.8) is 0 Å². The normalized spacial score (nSPS) is 16.8. The summed E-state index contributed by atoms with van der Waals surface area (Å²) >= 11 is 0. The minimum absolute atomic E-state index is 0.344. The second-order valence-corrected chi connectivity index (χ2v) is 5.48. The molecule has 0 amide bonds. The second-order valence-electron chi connectivity index (χ2n) is 5.48. The van der Waals surface area contributed by atoms with Gasteiger partial charge in [0, 0.05) is 25.3 Å². The number of aromatic nitrogens is 3. The summed E-state index contributed by atoms with van der Waals surface area (Å²) in [6.07, 6.45) is 3.79. The van der Waals surface area contributed by atoms with Gasteiger partial charge < -0.3 is 9.26 Å². The van der Waals surface area contributed by atoms with Gasteiger partial charge in [0.25, 0.3) is 5.89 Å². The SMILES string of the molecule is CC(C)c1ccc(-c2nc(C3CCOCC3)no2)nc1. The van der Waals surface area contributed by atoms with E-state index >= 15 is 0 Å². The van der Waals surface area contributed by atoms with Gasteiger partial charge in [-0.1, -0.05) is 25.1 Å². The van der Waals surface area contributed by atoms with Crippen LogP contribution in [0.2, 0.25) is 0 Å². The van der Waals surface area contributed by atoms with E-state index in [0.717, 1.165) is 37.6 Å². The zero-order valence-electron chi connectivity index (χ0n) is 11.9. The molecule has 0 radical (unpaired) electrons. The summed E-state index contributed by atoms with van der Waals surface area (Å²) in [7, 11) is 0. The standard InChI is InChI=1S/C15H19N3O2/c1-10(2)12-3-4-13(16-9-12)15-17-14(18-20-15)11-5-7-19-8-6-11/h3-4,9-11H,5-8H2,1-2H3. The van der Waals surface area contributed by atoms with Gasteiger partial charge in [-0.15, -0.1) is 0 Å². The number of ether oxygens (including phenoxy) is 1. The first-order valence-electron chi connectivity index (χ1n) is 7.11. The van der Waals surface area contributed by atoms with Crippen LogP contribution in [0.5, 0.6) is 0 Å². The average Bonchev–Trinajstić information content (AvgIpc) is 2.98. The summed E-state index contributed by atoms with van der Waals surface area (Å²) in [6, 6.07) is 4.00. The molecule has 1 aliphatic rings. The summed E-state index contributed by atoms with van der Waals surface area (Å²) < 4.78 is 10.7. The summed E-state index contributed by atoms with van der Waals surface area (Å²) in [4.78, 5) is 8.89. The van der Waals surface area contributed by atoms with Gasteiger partial charge in [-0.05, 0) is 30.4 Å². The molecule has 106 valence electrons. The van der Waals surface area contributed by atoms with Crippen molar-refractivity contribution in [1.82, 2.24) is 15.1 Å². The van der Waals surface area contributed by atoms with Crippen molar-refractivity contribution >= 4 is 0 Å². The quantitative estimate of drug-likeness (QED) is 0.859. The van der Waals surface area contributed by atoms with Gasteiger partial charge in [0.05, 0.1) is 0 Å². The van der Waals surface area contributed by atoms with Gasteiger partial charge in [-0.2, -0.15) is 4.98 Å². The van der Waals surface area contributed by atoms with E-state index in [4.69, 9.17) is 9.26 Å². The molecule has 5 nitrogen and oxygen atoms in total. The first kappa shape index (κ1) is 13.2. The lowest BCUT2D eigenvalue weighted by atomic mass is 10.00. The molecule has 20 heavy (non-hydrogen) atoms. The third kappa shape index (κ3) is 2.72. The molecule has 3 rings (SSSR count). The molecule has 1 saturated heterocycles. The van der Waals surface area contributed by atoms with Crippen LogP contribution in [-0.4, -0.2) is 28.3 Å². The molecule has 0 spiro atoms. The molecule has 0 aromatic carbocycles. The van der Waals surface area contributed by atoms with E-state index in [9.17, 15) is 0 Å². The van der Waals surface area contributed by atoms with Gasteiger partial charge in [0.2, 0.25) is 0 Å². The molecular weight excluding hydrogens is 254 g/mol. The van der Waals surface area contributed by atoms with Crippen molar-refractivity contribution in [3.05, 3.63) is 29.7 Å². The van der Waals surface area contributed by atoms with Crippen LogP contribution in [0.25, 0.3) is 11.6 Å². The fourth-order valence-corrected chi connectivity index (χ4v) is 2.33. The number of hydrogen-bond acceptors (Lipinski definition) is 5. The van der Waals surface area contributed by atoms with Crippen LogP contribution in [0.3, 0.4) is 0 Å². The monoisotopic (exact) mass is 273 g/mol. The highest BCUT2D eigenvalue weighted by Gasteiger charge is 2.22. The van der Waals surface area contributed by atoms with E-state index in [1.165, 1.54) is 5.56 Å². The molecule has 2 aromatic rings. The number of hydrogen-bond donors (Lipinski definition) is 0. The van der Waals surface area contributed by atoms with Crippen LogP contribution < -0.4 is 0 Å². The minimum atomic E-state index is 0.344. The molecule has 0 saturated carbocycles. The maximum absolute atomic E-state index is 5.35. The topological polar surface area (TPSA) is 61.0 Å². The Morgan fingerprint density at radius 2 is 2.00 bits per heavy atom. The maximum atomic E-state index is 5.35. The number of nitrogens with zero attached hydrogens (tertiary/aromatic N) is 3. The Morgan fingerprint density at radius 3 is 2.65 bits per heavy atom. The Labute approximate surface area is 118 Å². The lowest BCUT2D eigenvalue weighted by molar-refractivity contribution is 0.0830. The summed E-state index contributed by atoms with van der Waals surface area (Å²) in [6.45, 7) is 5.84. The Morgan fingerprint density at radius 1 is 1.20 bits per heavy atom. The molecule has 1 fully saturated rings. The number of pyridine rings is 1. The Bertz CT molecular complexity index is 557. The highest BCUT2D eigenvalue weighted by Crippen LogP contribution is 2.26. The van der Waals surface area contributed by atoms with E-state index in [2.05, 4.69) is 35.0 Å². The summed E-state index contributed by atoms with van der Waals surface area (Å²) in [5, 5.41) is 4.09. The first-order chi connectivity index (χ1) is 9.74. The van der Waals surface area contributed by atoms with E-state index in [1.54, 1.807) is 0 Å². The third-order valence-electron chi connectivity index (χ3n) is 3.70. The van der Waals surface area contributed by atoms with Crippen molar-refractivity contribution < 1.29 is 9.26 Å². The fourth-order valence-electron chi connectivity index (χ4n) is 2.33. The van der Waals surface area contributed by atoms with E-state index in [1.807, 2.05) is 12.3 Å². The van der Waals surface area contributed by atoms with Gasteiger partial charge in [0.1, 0.15) is 5.69 Å². The lowest BCUT2D eigenvalue weighted by Crippen LogP contribution is -2.15. The molecule has 2 aromatic heterocycles. The zero-order chi connectivity index (χ0) is 13.9. The van der Waals surface area contributed by atoms with Crippen LogP contribution in [0.15, 0.2) is 22.9 Å². The van der Waals surface area contributed by atoms with Crippen molar-refractivity contribution in [2.24, 2.45) is 0 Å². The van der Waals surface area contributed by atoms with Crippen LogP contribution in [-0.2, 0) is 4.74 Å². The predicted octanol–water partition coefficient (Wildman–Crippen LogP) is 3.15. The predicted molar refractivity (Wildman–Crippen MR) is 74.4 cm³/mol. The smallest absolute Gasteiger partial charge is 0.276 e. The summed E-state index contributed by atoms with van der Waals surface area (Å²) in [5.41, 5.74) is 1.94. The van der Waals surface area contributed by atoms with Gasteiger partial charge in [-0.3, -0.25) is 4.98 Å². The molecular formula is C15H19N3O2. The van der Waals surface area contributed by atoms with Gasteiger partial charge in [0.15, 0.2) is 5.82 Å². The molecule has 1 aliphatic heterocycles. The Hall–Kier alpha value is -1.75. The van der Waals surface area contributed by atoms with Crippen LogP contribution >= 0.6 is 0 Å². The minimum Gasteiger partial charge on any atom is -0.381 e. The number of rotatable bonds is 3. The fraction of sp³-hybridized carbons (Fsp3) is 0.533. The van der Waals surface area contributed by atoms with E-state index < -0.39 is 0 Å². The van der Waals surface area contributed by atoms with Crippen molar-refractivity contribution in [3.8, 4) is 11.6 Å². The van der Waals surface area contributed by atoms with Gasteiger partial charge >= 0.3 is 0 Å². The molecule has 0 bridgehead atoms. The van der Waals surface area contributed by atoms with Crippen LogP contribution in [0, 0.1) is 0 Å². The Balaban J connectivity index is 1.78. The van der Waals surface area contributed by atoms with Crippen LogP contribution in [0.1, 0.15) is 49.9 Å². The highest BCUT2D eigenvalue weighted by molar-refractivity contribution is 5.46. The van der Waals surface area contributed by atoms with E-state index in [-0.39, 0.29) is 0 Å². The average molecular weight is 273 g/mol. The molecule has 5 heteroatoms. The van der Waals surface area contributed by atoms with Gasteiger partial charge in [-0.25, -0.2) is 0 Å². The second kappa shape index (κ2) is 5.71.